The summed E-state index contributed by atoms with van der Waals surface area (Å²) < 4.78 is 0. The van der Waals surface area contributed by atoms with Crippen LogP contribution in [-0.2, 0) is 9.59 Å². The first-order chi connectivity index (χ1) is 5.49. The van der Waals surface area contributed by atoms with E-state index in [9.17, 15) is 9.59 Å². The molecule has 0 bridgehead atoms. The summed E-state index contributed by atoms with van der Waals surface area (Å²) in [6, 6.07) is 1.79. The van der Waals surface area contributed by atoms with Gasteiger partial charge in [0.05, 0.1) is 11.5 Å². The molecule has 2 amide bonds. The molecule has 1 aliphatic heterocycles. The molecule has 1 fully saturated rings. The Balaban J connectivity index is 2.87. The monoisotopic (exact) mass is 166 g/mol. The summed E-state index contributed by atoms with van der Waals surface area (Å²) in [5, 5.41) is 8.34. The van der Waals surface area contributed by atoms with Gasteiger partial charge in [-0.25, -0.2) is 0 Å². The Kier molecular flexibility index (Phi) is 1.89. The summed E-state index contributed by atoms with van der Waals surface area (Å²) in [5.74, 6) is -0.486. The average molecular weight is 166 g/mol. The number of carbonyl (C=O) groups excluding carboxylic acids is 2. The summed E-state index contributed by atoms with van der Waals surface area (Å²) in [6.07, 6.45) is 0.216. The van der Waals surface area contributed by atoms with Crippen LogP contribution in [0.5, 0.6) is 0 Å². The van der Waals surface area contributed by atoms with Gasteiger partial charge < -0.3 is 0 Å². The smallest absolute Gasteiger partial charge is 0.236 e. The molecule has 0 aliphatic carbocycles. The van der Waals surface area contributed by atoms with E-state index in [4.69, 9.17) is 5.26 Å². The van der Waals surface area contributed by atoms with Gasteiger partial charge in [-0.15, -0.1) is 0 Å². The van der Waals surface area contributed by atoms with Crippen LogP contribution >= 0.6 is 0 Å². The maximum Gasteiger partial charge on any atom is 0.236 e. The third kappa shape index (κ3) is 1.18. The molecule has 64 valence electrons. The summed E-state index contributed by atoms with van der Waals surface area (Å²) in [5.41, 5.74) is -0.617. The van der Waals surface area contributed by atoms with E-state index in [1.807, 2.05) is 0 Å². The number of nitrogens with zero attached hydrogens (tertiary/aromatic N) is 2. The van der Waals surface area contributed by atoms with Crippen molar-refractivity contribution in [1.29, 1.82) is 5.26 Å². The predicted octanol–water partition coefficient (Wildman–Crippen LogP) is 0.295. The van der Waals surface area contributed by atoms with Crippen molar-refractivity contribution in [2.75, 3.05) is 6.54 Å². The van der Waals surface area contributed by atoms with Crippen LogP contribution in [0, 0.1) is 16.7 Å². The number of hydrogen-bond acceptors (Lipinski definition) is 3. The molecule has 0 spiro atoms. The zero-order valence-electron chi connectivity index (χ0n) is 7.13. The molecule has 0 atom stereocenters. The van der Waals surface area contributed by atoms with Gasteiger partial charge in [-0.05, 0) is 0 Å². The van der Waals surface area contributed by atoms with E-state index < -0.39 is 5.41 Å². The summed E-state index contributed by atoms with van der Waals surface area (Å²) in [7, 11) is 0. The van der Waals surface area contributed by atoms with E-state index in [0.29, 0.717) is 0 Å². The van der Waals surface area contributed by atoms with Gasteiger partial charge in [-0.1, -0.05) is 13.8 Å². The SMILES string of the molecule is CC1(C)CC(=O)N(CC#N)C1=O. The van der Waals surface area contributed by atoms with Gasteiger partial charge in [0.25, 0.3) is 0 Å². The highest BCUT2D eigenvalue weighted by Crippen LogP contribution is 2.30. The number of carbonyl (C=O) groups is 2. The molecule has 0 unspecified atom stereocenters. The second-order valence-electron chi connectivity index (χ2n) is 3.50. The summed E-state index contributed by atoms with van der Waals surface area (Å²) >= 11 is 0. The standard InChI is InChI=1S/C8H10N2O2/c1-8(2)5-6(11)10(4-3-9)7(8)12/h4-5H2,1-2H3. The molecular weight excluding hydrogens is 156 g/mol. The van der Waals surface area contributed by atoms with Crippen molar-refractivity contribution >= 4 is 11.8 Å². The Labute approximate surface area is 70.8 Å². The third-order valence-corrected chi connectivity index (χ3v) is 1.95. The van der Waals surface area contributed by atoms with E-state index in [-0.39, 0.29) is 24.8 Å². The van der Waals surface area contributed by atoms with Crippen molar-refractivity contribution in [1.82, 2.24) is 4.90 Å². The van der Waals surface area contributed by atoms with Crippen LogP contribution < -0.4 is 0 Å². The van der Waals surface area contributed by atoms with E-state index in [2.05, 4.69) is 0 Å². The first-order valence-corrected chi connectivity index (χ1v) is 3.71. The topological polar surface area (TPSA) is 61.2 Å². The lowest BCUT2D eigenvalue weighted by Crippen LogP contribution is -2.33. The maximum atomic E-state index is 11.4. The zero-order chi connectivity index (χ0) is 9.35. The van der Waals surface area contributed by atoms with Crippen molar-refractivity contribution in [3.05, 3.63) is 0 Å². The van der Waals surface area contributed by atoms with Crippen molar-refractivity contribution in [2.24, 2.45) is 5.41 Å². The lowest BCUT2D eigenvalue weighted by atomic mass is 9.92. The Morgan fingerprint density at radius 1 is 1.58 bits per heavy atom. The highest BCUT2D eigenvalue weighted by molar-refractivity contribution is 6.05. The minimum Gasteiger partial charge on any atom is -0.274 e. The lowest BCUT2D eigenvalue weighted by molar-refractivity contribution is -0.140. The Bertz CT molecular complexity index is 275. The molecule has 1 aliphatic rings. The second-order valence-corrected chi connectivity index (χ2v) is 3.50. The average Bonchev–Trinajstić information content (AvgIpc) is 2.13. The molecule has 0 radical (unpaired) electrons. The van der Waals surface area contributed by atoms with Gasteiger partial charge in [0.2, 0.25) is 11.8 Å². The van der Waals surface area contributed by atoms with Gasteiger partial charge in [-0.3, -0.25) is 14.5 Å². The van der Waals surface area contributed by atoms with Crippen LogP contribution in [0.15, 0.2) is 0 Å². The number of amides is 2. The first-order valence-electron chi connectivity index (χ1n) is 3.71. The fraction of sp³-hybridized carbons (Fsp3) is 0.625. The number of rotatable bonds is 1. The molecule has 4 heteroatoms. The van der Waals surface area contributed by atoms with E-state index in [1.165, 1.54) is 0 Å². The van der Waals surface area contributed by atoms with E-state index in [1.54, 1.807) is 19.9 Å². The molecule has 1 saturated heterocycles. The molecule has 0 aromatic carbocycles. The van der Waals surface area contributed by atoms with Gasteiger partial charge >= 0.3 is 0 Å². The van der Waals surface area contributed by atoms with Gasteiger partial charge in [0.15, 0.2) is 0 Å². The van der Waals surface area contributed by atoms with Crippen molar-refractivity contribution in [2.45, 2.75) is 20.3 Å². The maximum absolute atomic E-state index is 11.4. The Morgan fingerprint density at radius 3 is 2.50 bits per heavy atom. The number of imide groups is 1. The molecule has 0 aromatic rings. The van der Waals surface area contributed by atoms with E-state index >= 15 is 0 Å². The highest BCUT2D eigenvalue weighted by Gasteiger charge is 2.44. The molecule has 12 heavy (non-hydrogen) atoms. The van der Waals surface area contributed by atoms with Crippen LogP contribution in [0.2, 0.25) is 0 Å². The molecule has 0 aromatic heterocycles. The summed E-state index contributed by atoms with van der Waals surface area (Å²) in [6.45, 7) is 3.30. The van der Waals surface area contributed by atoms with Crippen LogP contribution in [-0.4, -0.2) is 23.3 Å². The van der Waals surface area contributed by atoms with Gasteiger partial charge in [-0.2, -0.15) is 5.26 Å². The molecule has 0 saturated carbocycles. The molecule has 4 nitrogen and oxygen atoms in total. The zero-order valence-corrected chi connectivity index (χ0v) is 7.13. The third-order valence-electron chi connectivity index (χ3n) is 1.95. The number of nitriles is 1. The molecular formula is C8H10N2O2. The minimum absolute atomic E-state index is 0.124. The number of hydrogen-bond donors (Lipinski definition) is 0. The first kappa shape index (κ1) is 8.72. The van der Waals surface area contributed by atoms with Gasteiger partial charge in [0, 0.05) is 6.42 Å². The minimum atomic E-state index is -0.617. The fourth-order valence-electron chi connectivity index (χ4n) is 1.26. The molecule has 0 N–H and O–H groups in total. The predicted molar refractivity (Wildman–Crippen MR) is 40.7 cm³/mol. The summed E-state index contributed by atoms with van der Waals surface area (Å²) in [4.78, 5) is 23.5. The van der Waals surface area contributed by atoms with Crippen LogP contribution in [0.4, 0.5) is 0 Å². The Hall–Kier alpha value is -1.37. The number of likely N-dealkylation sites (tertiary alicyclic amines) is 1. The quantitative estimate of drug-likeness (QED) is 0.415. The normalized spacial score (nSPS) is 21.2. The van der Waals surface area contributed by atoms with Crippen LogP contribution in [0.3, 0.4) is 0 Å². The van der Waals surface area contributed by atoms with Crippen LogP contribution in [0.1, 0.15) is 20.3 Å². The highest BCUT2D eigenvalue weighted by atomic mass is 16.2. The van der Waals surface area contributed by atoms with Gasteiger partial charge in [0.1, 0.15) is 6.54 Å². The van der Waals surface area contributed by atoms with Crippen molar-refractivity contribution in [3.8, 4) is 6.07 Å². The van der Waals surface area contributed by atoms with Crippen LogP contribution in [0.25, 0.3) is 0 Å². The largest absolute Gasteiger partial charge is 0.274 e. The molecule has 1 heterocycles. The fourth-order valence-corrected chi connectivity index (χ4v) is 1.26. The van der Waals surface area contributed by atoms with E-state index in [0.717, 1.165) is 4.90 Å². The molecule has 1 rings (SSSR count). The lowest BCUT2D eigenvalue weighted by Gasteiger charge is -2.14. The second kappa shape index (κ2) is 2.59. The Morgan fingerprint density at radius 2 is 2.17 bits per heavy atom. The van der Waals surface area contributed by atoms with Crippen molar-refractivity contribution in [3.63, 3.8) is 0 Å². The van der Waals surface area contributed by atoms with Crippen molar-refractivity contribution < 1.29 is 9.59 Å².